The first kappa shape index (κ1) is 22.7. The minimum absolute atomic E-state index is 0.167. The lowest BCUT2D eigenvalue weighted by atomic mass is 10.1. The molecule has 0 aromatic carbocycles. The first-order valence-corrected chi connectivity index (χ1v) is 9.81. The van der Waals surface area contributed by atoms with Gasteiger partial charge in [0.25, 0.3) is 0 Å². The molecule has 24 heavy (non-hydrogen) atoms. The molecular formula is C20H37NO3. The summed E-state index contributed by atoms with van der Waals surface area (Å²) in [5, 5.41) is 8.68. The molecule has 4 nitrogen and oxygen atoms in total. The van der Waals surface area contributed by atoms with E-state index < -0.39 is 5.97 Å². The van der Waals surface area contributed by atoms with E-state index in [9.17, 15) is 9.59 Å². The first-order valence-electron chi connectivity index (χ1n) is 9.81. The van der Waals surface area contributed by atoms with Crippen LogP contribution in [-0.2, 0) is 9.59 Å². The highest BCUT2D eigenvalue weighted by Gasteiger charge is 2.10. The number of aliphatic carboxylic acids is 1. The van der Waals surface area contributed by atoms with Gasteiger partial charge in [-0.05, 0) is 12.8 Å². The van der Waals surface area contributed by atoms with Crippen LogP contribution in [0.4, 0.5) is 0 Å². The fraction of sp³-hybridized carbons (Fsp3) is 0.800. The average molecular weight is 340 g/mol. The molecule has 0 radical (unpaired) electrons. The van der Waals surface area contributed by atoms with E-state index in [1.807, 2.05) is 4.90 Å². The Balaban J connectivity index is 4.13. The summed E-state index contributed by atoms with van der Waals surface area (Å²) in [6.45, 7) is 5.89. The van der Waals surface area contributed by atoms with Crippen LogP contribution in [0.15, 0.2) is 12.2 Å². The molecule has 1 amide bonds. The van der Waals surface area contributed by atoms with E-state index in [-0.39, 0.29) is 5.91 Å². The zero-order valence-electron chi connectivity index (χ0n) is 15.8. The molecule has 0 aromatic rings. The number of rotatable bonds is 16. The Morgan fingerprint density at radius 3 is 1.54 bits per heavy atom. The maximum atomic E-state index is 12.2. The van der Waals surface area contributed by atoms with Crippen LogP contribution in [0.5, 0.6) is 0 Å². The average Bonchev–Trinajstić information content (AvgIpc) is 2.56. The Morgan fingerprint density at radius 1 is 0.708 bits per heavy atom. The number of hydrogen-bond donors (Lipinski definition) is 1. The summed E-state index contributed by atoms with van der Waals surface area (Å²) in [5.74, 6) is -1.23. The molecule has 0 atom stereocenters. The lowest BCUT2D eigenvalue weighted by molar-refractivity contribution is -0.132. The number of carboxylic acids is 1. The molecule has 1 N–H and O–H groups in total. The van der Waals surface area contributed by atoms with Gasteiger partial charge in [-0.1, -0.05) is 78.1 Å². The van der Waals surface area contributed by atoms with Crippen molar-refractivity contribution in [1.82, 2.24) is 4.90 Å². The van der Waals surface area contributed by atoms with Crippen LogP contribution in [0, 0.1) is 0 Å². The lowest BCUT2D eigenvalue weighted by Gasteiger charge is -2.21. The SMILES string of the molecule is CCCCCCCCN(CCCCCCCC)C(=O)C=CC(=O)O. The minimum atomic E-state index is -1.07. The van der Waals surface area contributed by atoms with Crippen LogP contribution < -0.4 is 0 Å². The quantitative estimate of drug-likeness (QED) is 0.311. The number of hydrogen-bond acceptors (Lipinski definition) is 2. The van der Waals surface area contributed by atoms with Crippen molar-refractivity contribution in [1.29, 1.82) is 0 Å². The summed E-state index contributed by atoms with van der Waals surface area (Å²) in [5.41, 5.74) is 0. The van der Waals surface area contributed by atoms with Gasteiger partial charge in [0.05, 0.1) is 0 Å². The van der Waals surface area contributed by atoms with Gasteiger partial charge in [-0.2, -0.15) is 0 Å². The Hall–Kier alpha value is -1.32. The molecule has 0 bridgehead atoms. The minimum Gasteiger partial charge on any atom is -0.478 e. The monoisotopic (exact) mass is 339 g/mol. The molecule has 0 spiro atoms. The maximum absolute atomic E-state index is 12.2. The molecular weight excluding hydrogens is 302 g/mol. The second-order valence-electron chi connectivity index (χ2n) is 6.53. The van der Waals surface area contributed by atoms with Crippen molar-refractivity contribution in [2.24, 2.45) is 0 Å². The van der Waals surface area contributed by atoms with Crippen LogP contribution in [0.25, 0.3) is 0 Å². The Morgan fingerprint density at radius 2 is 1.12 bits per heavy atom. The molecule has 0 aliphatic rings. The highest BCUT2D eigenvalue weighted by atomic mass is 16.4. The van der Waals surface area contributed by atoms with Crippen LogP contribution in [0.2, 0.25) is 0 Å². The van der Waals surface area contributed by atoms with Gasteiger partial charge in [0, 0.05) is 25.2 Å². The van der Waals surface area contributed by atoms with E-state index in [0.717, 1.165) is 44.8 Å². The molecule has 140 valence electrons. The van der Waals surface area contributed by atoms with Crippen LogP contribution in [0.1, 0.15) is 90.9 Å². The molecule has 0 heterocycles. The molecule has 0 fully saturated rings. The molecule has 0 aliphatic carbocycles. The zero-order valence-corrected chi connectivity index (χ0v) is 15.8. The number of amides is 1. The van der Waals surface area contributed by atoms with E-state index in [1.54, 1.807) is 0 Å². The Labute approximate surface area is 148 Å². The van der Waals surface area contributed by atoms with Gasteiger partial charge >= 0.3 is 5.97 Å². The van der Waals surface area contributed by atoms with Crippen molar-refractivity contribution in [2.45, 2.75) is 90.9 Å². The molecule has 0 saturated carbocycles. The Bertz CT molecular complexity index is 337. The maximum Gasteiger partial charge on any atom is 0.328 e. The summed E-state index contributed by atoms with van der Waals surface area (Å²) >= 11 is 0. The van der Waals surface area contributed by atoms with E-state index in [1.165, 1.54) is 57.4 Å². The summed E-state index contributed by atoms with van der Waals surface area (Å²) in [6, 6.07) is 0. The third kappa shape index (κ3) is 14.3. The molecule has 0 aliphatic heterocycles. The molecule has 0 saturated heterocycles. The van der Waals surface area contributed by atoms with Crippen molar-refractivity contribution in [3.63, 3.8) is 0 Å². The van der Waals surface area contributed by atoms with Crippen LogP contribution in [-0.4, -0.2) is 35.0 Å². The predicted octanol–water partition coefficient (Wildman–Crippen LogP) is 5.18. The molecule has 0 rings (SSSR count). The fourth-order valence-electron chi connectivity index (χ4n) is 2.75. The van der Waals surface area contributed by atoms with Crippen LogP contribution in [0.3, 0.4) is 0 Å². The van der Waals surface area contributed by atoms with Crippen LogP contribution >= 0.6 is 0 Å². The second-order valence-corrected chi connectivity index (χ2v) is 6.53. The number of carbonyl (C=O) groups is 2. The summed E-state index contributed by atoms with van der Waals surface area (Å²) in [7, 11) is 0. The summed E-state index contributed by atoms with van der Waals surface area (Å²) < 4.78 is 0. The van der Waals surface area contributed by atoms with Gasteiger partial charge in [0.1, 0.15) is 0 Å². The standard InChI is InChI=1S/C20H37NO3/c1-3-5-7-9-11-13-17-21(19(22)15-16-20(23)24)18-14-12-10-8-6-4-2/h15-16H,3-14,17-18H2,1-2H3,(H,23,24). The van der Waals surface area contributed by atoms with Crippen molar-refractivity contribution in [2.75, 3.05) is 13.1 Å². The smallest absolute Gasteiger partial charge is 0.328 e. The van der Waals surface area contributed by atoms with Crippen molar-refractivity contribution < 1.29 is 14.7 Å². The molecule has 0 unspecified atom stereocenters. The third-order valence-corrected chi connectivity index (χ3v) is 4.24. The zero-order chi connectivity index (χ0) is 18.0. The molecule has 4 heteroatoms. The number of carboxylic acid groups (broad SMARTS) is 1. The van der Waals surface area contributed by atoms with E-state index in [2.05, 4.69) is 13.8 Å². The topological polar surface area (TPSA) is 57.6 Å². The Kier molecular flexibility index (Phi) is 15.6. The van der Waals surface area contributed by atoms with Gasteiger partial charge in [-0.3, -0.25) is 4.79 Å². The van der Waals surface area contributed by atoms with E-state index in [0.29, 0.717) is 0 Å². The van der Waals surface area contributed by atoms with Gasteiger partial charge < -0.3 is 10.0 Å². The van der Waals surface area contributed by atoms with Crippen molar-refractivity contribution in [3.8, 4) is 0 Å². The number of carbonyl (C=O) groups excluding carboxylic acids is 1. The molecule has 0 aromatic heterocycles. The van der Waals surface area contributed by atoms with Crippen molar-refractivity contribution in [3.05, 3.63) is 12.2 Å². The van der Waals surface area contributed by atoms with Crippen molar-refractivity contribution >= 4 is 11.9 Å². The summed E-state index contributed by atoms with van der Waals surface area (Å²) in [4.78, 5) is 24.6. The van der Waals surface area contributed by atoms with Gasteiger partial charge in [-0.15, -0.1) is 0 Å². The predicted molar refractivity (Wildman–Crippen MR) is 100 cm³/mol. The summed E-state index contributed by atoms with van der Waals surface area (Å²) in [6.07, 6.45) is 16.4. The number of unbranched alkanes of at least 4 members (excludes halogenated alkanes) is 10. The first-order chi connectivity index (χ1) is 11.6. The van der Waals surface area contributed by atoms with Gasteiger partial charge in [0.2, 0.25) is 5.91 Å². The normalized spacial score (nSPS) is 11.1. The number of nitrogens with zero attached hydrogens (tertiary/aromatic N) is 1. The highest BCUT2D eigenvalue weighted by Crippen LogP contribution is 2.09. The van der Waals surface area contributed by atoms with Gasteiger partial charge in [0.15, 0.2) is 0 Å². The van der Waals surface area contributed by atoms with E-state index in [4.69, 9.17) is 5.11 Å². The van der Waals surface area contributed by atoms with Gasteiger partial charge in [-0.25, -0.2) is 4.79 Å². The lowest BCUT2D eigenvalue weighted by Crippen LogP contribution is -2.31. The third-order valence-electron chi connectivity index (χ3n) is 4.24. The van der Waals surface area contributed by atoms with E-state index >= 15 is 0 Å². The fourth-order valence-corrected chi connectivity index (χ4v) is 2.75. The largest absolute Gasteiger partial charge is 0.478 e. The second kappa shape index (κ2) is 16.5. The highest BCUT2D eigenvalue weighted by molar-refractivity contribution is 5.93.